The van der Waals surface area contributed by atoms with Gasteiger partial charge in [0.15, 0.2) is 6.10 Å². The number of H-pyrrole nitrogens is 1. The zero-order chi connectivity index (χ0) is 20.3. The number of rotatable bonds is 5. The van der Waals surface area contributed by atoms with E-state index < -0.39 is 29.7 Å². The summed E-state index contributed by atoms with van der Waals surface area (Å²) in [4.78, 5) is 49.1. The maximum atomic E-state index is 12.4. The van der Waals surface area contributed by atoms with E-state index in [2.05, 4.69) is 17.3 Å². The van der Waals surface area contributed by atoms with Crippen LogP contribution in [0.4, 0.5) is 0 Å². The molecule has 28 heavy (non-hydrogen) atoms. The summed E-state index contributed by atoms with van der Waals surface area (Å²) < 4.78 is 6.07. The molecule has 0 bridgehead atoms. The summed E-state index contributed by atoms with van der Waals surface area (Å²) in [6.45, 7) is 3.12. The van der Waals surface area contributed by atoms with Gasteiger partial charge >= 0.3 is 5.97 Å². The summed E-state index contributed by atoms with van der Waals surface area (Å²) in [7, 11) is 0. The number of ether oxygens (including phenoxy) is 1. The van der Waals surface area contributed by atoms with Gasteiger partial charge in [0.05, 0.1) is 10.8 Å². The number of aromatic amines is 1. The number of esters is 1. The predicted octanol–water partition coefficient (Wildman–Crippen LogP) is 1.32. The van der Waals surface area contributed by atoms with Crippen LogP contribution >= 0.6 is 0 Å². The highest BCUT2D eigenvalue weighted by Crippen LogP contribution is 2.23. The minimum absolute atomic E-state index is 0.0851. The molecule has 0 saturated heterocycles. The molecule has 1 amide bonds. The fourth-order valence-electron chi connectivity index (χ4n) is 3.61. The van der Waals surface area contributed by atoms with Gasteiger partial charge in [0.1, 0.15) is 6.54 Å². The predicted molar refractivity (Wildman–Crippen MR) is 104 cm³/mol. The number of carbonyl (C=O) groups is 2. The smallest absolute Gasteiger partial charge is 0.328 e. The maximum Gasteiger partial charge on any atom is 0.328 e. The Kier molecular flexibility index (Phi) is 5.96. The van der Waals surface area contributed by atoms with Gasteiger partial charge in [-0.3, -0.25) is 24.3 Å². The minimum Gasteiger partial charge on any atom is -0.451 e. The van der Waals surface area contributed by atoms with E-state index in [1.54, 1.807) is 12.1 Å². The third-order valence-electron chi connectivity index (χ3n) is 5.29. The maximum absolute atomic E-state index is 12.4. The number of aromatic nitrogens is 2. The van der Waals surface area contributed by atoms with Crippen molar-refractivity contribution >= 4 is 22.6 Å². The second-order valence-electron chi connectivity index (χ2n) is 7.39. The van der Waals surface area contributed by atoms with Crippen LogP contribution < -0.4 is 16.4 Å². The average Bonchev–Trinajstić information content (AvgIpc) is 2.67. The van der Waals surface area contributed by atoms with Crippen LogP contribution in [0.25, 0.3) is 10.8 Å². The molecule has 1 saturated carbocycles. The monoisotopic (exact) mass is 387 g/mol. The topological polar surface area (TPSA) is 110 Å². The van der Waals surface area contributed by atoms with Gasteiger partial charge in [0.2, 0.25) is 0 Å². The molecule has 2 N–H and O–H groups in total. The Morgan fingerprint density at radius 1 is 1.21 bits per heavy atom. The van der Waals surface area contributed by atoms with Crippen molar-refractivity contribution in [2.24, 2.45) is 5.92 Å². The van der Waals surface area contributed by atoms with Crippen molar-refractivity contribution in [2.45, 2.75) is 58.2 Å². The molecule has 1 aliphatic rings. The van der Waals surface area contributed by atoms with Gasteiger partial charge in [0.25, 0.3) is 17.0 Å². The highest BCUT2D eigenvalue weighted by atomic mass is 16.5. The fraction of sp³-hybridized carbons (Fsp3) is 0.500. The first-order chi connectivity index (χ1) is 13.4. The third-order valence-corrected chi connectivity index (χ3v) is 5.29. The van der Waals surface area contributed by atoms with E-state index >= 15 is 0 Å². The lowest BCUT2D eigenvalue weighted by Gasteiger charge is -2.30. The zero-order valence-corrected chi connectivity index (χ0v) is 16.1. The Labute approximate surface area is 161 Å². The normalized spacial score (nSPS) is 20.5. The summed E-state index contributed by atoms with van der Waals surface area (Å²) in [5.41, 5.74) is -0.972. The number of hydrogen-bond acceptors (Lipinski definition) is 5. The van der Waals surface area contributed by atoms with Crippen LogP contribution in [0.15, 0.2) is 33.9 Å². The molecule has 1 aliphatic carbocycles. The number of hydrogen-bond donors (Lipinski definition) is 2. The molecule has 1 heterocycles. The van der Waals surface area contributed by atoms with Crippen LogP contribution in [-0.4, -0.2) is 33.8 Å². The molecular weight excluding hydrogens is 362 g/mol. The number of nitrogens with zero attached hydrogens (tertiary/aromatic N) is 1. The molecule has 8 heteroatoms. The summed E-state index contributed by atoms with van der Waals surface area (Å²) in [6.07, 6.45) is 3.24. The van der Waals surface area contributed by atoms with Crippen LogP contribution in [0.2, 0.25) is 0 Å². The van der Waals surface area contributed by atoms with E-state index in [1.807, 2.05) is 0 Å². The van der Waals surface area contributed by atoms with Gasteiger partial charge in [-0.25, -0.2) is 4.68 Å². The number of amides is 1. The molecule has 1 aromatic heterocycles. The molecule has 8 nitrogen and oxygen atoms in total. The highest BCUT2D eigenvalue weighted by molar-refractivity contribution is 5.84. The fourth-order valence-corrected chi connectivity index (χ4v) is 3.61. The first kappa shape index (κ1) is 19.9. The van der Waals surface area contributed by atoms with Crippen LogP contribution in [0.1, 0.15) is 39.5 Å². The minimum atomic E-state index is -0.982. The summed E-state index contributed by atoms with van der Waals surface area (Å²) in [6, 6.07) is 6.45. The Balaban J connectivity index is 1.64. The molecule has 0 aliphatic heterocycles. The first-order valence-corrected chi connectivity index (χ1v) is 9.58. The summed E-state index contributed by atoms with van der Waals surface area (Å²) in [5.74, 6) is -0.735. The first-order valence-electron chi connectivity index (χ1n) is 9.58. The number of carbonyl (C=O) groups excluding carboxylic acids is 2. The lowest BCUT2D eigenvalue weighted by atomic mass is 9.86. The Morgan fingerprint density at radius 2 is 1.89 bits per heavy atom. The largest absolute Gasteiger partial charge is 0.451 e. The molecule has 1 aromatic carbocycles. The van der Waals surface area contributed by atoms with Gasteiger partial charge in [0, 0.05) is 6.04 Å². The van der Waals surface area contributed by atoms with Crippen LogP contribution in [-0.2, 0) is 20.9 Å². The highest BCUT2D eigenvalue weighted by Gasteiger charge is 2.26. The van der Waals surface area contributed by atoms with Crippen LogP contribution in [0.5, 0.6) is 0 Å². The Morgan fingerprint density at radius 3 is 2.61 bits per heavy atom. The second-order valence-corrected chi connectivity index (χ2v) is 7.39. The van der Waals surface area contributed by atoms with Crippen LogP contribution in [0, 0.1) is 5.92 Å². The van der Waals surface area contributed by atoms with Crippen molar-refractivity contribution in [1.29, 1.82) is 0 Å². The molecule has 3 atom stereocenters. The standard InChI is InChI=1S/C20H25N3O5/c1-12-7-3-6-10-16(12)21-18(25)13(2)28-17(24)11-23-20(27)15-9-5-4-8-14(15)19(26)22-23/h4-5,8-9,12-13,16H,3,6-7,10-11H2,1-2H3,(H,21,25)(H,22,26)/t12-,13+,16-/m0/s1. The Bertz CT molecular complexity index is 993. The van der Waals surface area contributed by atoms with Gasteiger partial charge in [-0.2, -0.15) is 0 Å². The number of benzene rings is 1. The van der Waals surface area contributed by atoms with Gasteiger partial charge in [-0.1, -0.05) is 31.9 Å². The van der Waals surface area contributed by atoms with Gasteiger partial charge in [-0.05, 0) is 37.8 Å². The van der Waals surface area contributed by atoms with E-state index in [4.69, 9.17) is 4.74 Å². The van der Waals surface area contributed by atoms with E-state index in [-0.39, 0.29) is 22.7 Å². The van der Waals surface area contributed by atoms with Crippen molar-refractivity contribution in [3.8, 4) is 0 Å². The van der Waals surface area contributed by atoms with E-state index in [9.17, 15) is 19.2 Å². The molecule has 1 fully saturated rings. The van der Waals surface area contributed by atoms with Gasteiger partial charge in [-0.15, -0.1) is 0 Å². The van der Waals surface area contributed by atoms with Gasteiger partial charge < -0.3 is 10.1 Å². The van der Waals surface area contributed by atoms with Crippen molar-refractivity contribution in [3.05, 3.63) is 45.0 Å². The zero-order valence-electron chi connectivity index (χ0n) is 16.1. The molecule has 150 valence electrons. The van der Waals surface area contributed by atoms with E-state index in [1.165, 1.54) is 19.1 Å². The van der Waals surface area contributed by atoms with Crippen molar-refractivity contribution in [1.82, 2.24) is 15.1 Å². The van der Waals surface area contributed by atoms with Crippen molar-refractivity contribution in [2.75, 3.05) is 0 Å². The Hall–Kier alpha value is -2.90. The molecular formula is C20H25N3O5. The summed E-state index contributed by atoms with van der Waals surface area (Å²) in [5, 5.41) is 5.79. The van der Waals surface area contributed by atoms with Crippen LogP contribution in [0.3, 0.4) is 0 Å². The molecule has 2 aromatic rings. The number of nitrogens with one attached hydrogen (secondary N) is 2. The van der Waals surface area contributed by atoms with E-state index in [0.717, 1.165) is 30.4 Å². The molecule has 0 unspecified atom stereocenters. The molecule has 3 rings (SSSR count). The quantitative estimate of drug-likeness (QED) is 0.752. The lowest BCUT2D eigenvalue weighted by Crippen LogP contribution is -2.46. The second kappa shape index (κ2) is 8.41. The molecule has 0 radical (unpaired) electrons. The lowest BCUT2D eigenvalue weighted by molar-refractivity contribution is -0.156. The SMILES string of the molecule is C[C@@H](OC(=O)Cn1[nH]c(=O)c2ccccc2c1=O)C(=O)N[C@H]1CCCC[C@@H]1C. The van der Waals surface area contributed by atoms with E-state index in [0.29, 0.717) is 5.92 Å². The van der Waals surface area contributed by atoms with Crippen molar-refractivity contribution in [3.63, 3.8) is 0 Å². The molecule has 0 spiro atoms. The third kappa shape index (κ3) is 4.32. The average molecular weight is 387 g/mol. The number of fused-ring (bicyclic) bond motifs is 1. The summed E-state index contributed by atoms with van der Waals surface area (Å²) >= 11 is 0. The van der Waals surface area contributed by atoms with Crippen molar-refractivity contribution < 1.29 is 14.3 Å².